The molecule has 0 unspecified atom stereocenters. The lowest BCUT2D eigenvalue weighted by Gasteiger charge is -1.78. The van der Waals surface area contributed by atoms with Gasteiger partial charge in [0, 0.05) is 25.7 Å². The summed E-state index contributed by atoms with van der Waals surface area (Å²) in [5.74, 6) is 0. The maximum atomic E-state index is 9.56. The second-order valence-corrected chi connectivity index (χ2v) is 2.53. The van der Waals surface area contributed by atoms with Gasteiger partial charge in [0.05, 0.1) is 0 Å². The zero-order valence-electron chi connectivity index (χ0n) is 9.00. The number of hydrogen-bond donors (Lipinski definition) is 0. The first kappa shape index (κ1) is 24.5. The average molecular weight is 273 g/mol. The van der Waals surface area contributed by atoms with Crippen LogP contribution >= 0.6 is 24.8 Å². The molecule has 0 aliphatic heterocycles. The fraction of sp³-hybridized carbons (Fsp3) is 0.600. The zero-order chi connectivity index (χ0) is 11.1. The number of rotatable bonds is 8. The number of aldehydes is 4. The Hall–Kier alpha value is -0.740. The predicted octanol–water partition coefficient (Wildman–Crippen LogP) is 1.95. The van der Waals surface area contributed by atoms with Crippen LogP contribution in [0, 0.1) is 0 Å². The van der Waals surface area contributed by atoms with Gasteiger partial charge < -0.3 is 19.2 Å². The van der Waals surface area contributed by atoms with Crippen molar-refractivity contribution in [3.05, 3.63) is 0 Å². The first-order valence-corrected chi connectivity index (χ1v) is 4.58. The second-order valence-electron chi connectivity index (χ2n) is 2.53. The van der Waals surface area contributed by atoms with E-state index in [1.165, 1.54) is 0 Å². The molecule has 0 bridgehead atoms. The Morgan fingerprint density at radius 1 is 0.500 bits per heavy atom. The molecule has 0 aromatic rings. The topological polar surface area (TPSA) is 68.3 Å². The number of hydrogen-bond acceptors (Lipinski definition) is 4. The third kappa shape index (κ3) is 37.8. The Balaban J connectivity index is -0.0000000800. The Kier molecular flexibility index (Phi) is 44.7. The van der Waals surface area contributed by atoms with Crippen molar-refractivity contribution in [3.63, 3.8) is 0 Å². The van der Waals surface area contributed by atoms with Crippen molar-refractivity contribution in [2.75, 3.05) is 0 Å². The second kappa shape index (κ2) is 29.2. The molecule has 0 aromatic carbocycles. The van der Waals surface area contributed by atoms with E-state index in [4.69, 9.17) is 0 Å². The smallest absolute Gasteiger partial charge is 0.120 e. The molecule has 0 heterocycles. The van der Waals surface area contributed by atoms with E-state index >= 15 is 0 Å². The molecule has 0 atom stereocenters. The van der Waals surface area contributed by atoms with Crippen LogP contribution in [0.2, 0.25) is 0 Å². The lowest BCUT2D eigenvalue weighted by molar-refractivity contribution is -0.110. The molecule has 16 heavy (non-hydrogen) atoms. The van der Waals surface area contributed by atoms with Crippen molar-refractivity contribution in [3.8, 4) is 0 Å². The van der Waals surface area contributed by atoms with Crippen LogP contribution in [0.5, 0.6) is 0 Å². The SMILES string of the molecule is Cl.Cl.O=CCCCC=O.O=CCCCC=O. The van der Waals surface area contributed by atoms with Crippen molar-refractivity contribution in [1.82, 2.24) is 0 Å². The van der Waals surface area contributed by atoms with Gasteiger partial charge >= 0.3 is 0 Å². The van der Waals surface area contributed by atoms with E-state index in [-0.39, 0.29) is 24.8 Å². The van der Waals surface area contributed by atoms with Gasteiger partial charge in [-0.15, -0.1) is 24.8 Å². The number of carbonyl (C=O) groups excluding carboxylic acids is 4. The van der Waals surface area contributed by atoms with Crippen LogP contribution in [-0.4, -0.2) is 25.1 Å². The van der Waals surface area contributed by atoms with Crippen LogP contribution in [0.1, 0.15) is 38.5 Å². The van der Waals surface area contributed by atoms with Crippen LogP contribution < -0.4 is 0 Å². The third-order valence-corrected chi connectivity index (χ3v) is 1.29. The van der Waals surface area contributed by atoms with Crippen LogP contribution in [0.15, 0.2) is 0 Å². The van der Waals surface area contributed by atoms with Crippen molar-refractivity contribution >= 4 is 50.0 Å². The minimum atomic E-state index is 0. The summed E-state index contributed by atoms with van der Waals surface area (Å²) in [5, 5.41) is 0. The fourth-order valence-electron chi connectivity index (χ4n) is 0.569. The Morgan fingerprint density at radius 3 is 0.812 bits per heavy atom. The Bertz CT molecular complexity index is 129. The predicted molar refractivity (Wildman–Crippen MR) is 66.5 cm³/mol. The van der Waals surface area contributed by atoms with E-state index in [9.17, 15) is 19.2 Å². The van der Waals surface area contributed by atoms with Gasteiger partial charge in [-0.25, -0.2) is 0 Å². The van der Waals surface area contributed by atoms with E-state index in [0.717, 1.165) is 25.1 Å². The largest absolute Gasteiger partial charge is 0.303 e. The summed E-state index contributed by atoms with van der Waals surface area (Å²) >= 11 is 0. The molecule has 0 N–H and O–H groups in total. The highest BCUT2D eigenvalue weighted by Crippen LogP contribution is 1.86. The van der Waals surface area contributed by atoms with Gasteiger partial charge in [-0.1, -0.05) is 0 Å². The molecule has 0 saturated heterocycles. The van der Waals surface area contributed by atoms with Crippen LogP contribution in [0.4, 0.5) is 0 Å². The molecular weight excluding hydrogens is 255 g/mol. The number of unbranched alkanes of at least 4 members (excludes halogenated alkanes) is 4. The third-order valence-electron chi connectivity index (χ3n) is 1.29. The van der Waals surface area contributed by atoms with Crippen LogP contribution in [-0.2, 0) is 19.2 Å². The Labute approximate surface area is 108 Å². The van der Waals surface area contributed by atoms with Gasteiger partial charge in [-0.3, -0.25) is 0 Å². The van der Waals surface area contributed by atoms with Crippen molar-refractivity contribution in [2.45, 2.75) is 38.5 Å². The molecule has 0 radical (unpaired) electrons. The highest BCUT2D eigenvalue weighted by molar-refractivity contribution is 5.85. The quantitative estimate of drug-likeness (QED) is 0.500. The normalized spacial score (nSPS) is 7.00. The molecule has 0 aliphatic rings. The van der Waals surface area contributed by atoms with Crippen LogP contribution in [0.3, 0.4) is 0 Å². The summed E-state index contributed by atoms with van der Waals surface area (Å²) in [6, 6.07) is 0. The monoisotopic (exact) mass is 272 g/mol. The zero-order valence-corrected chi connectivity index (χ0v) is 10.6. The summed E-state index contributed by atoms with van der Waals surface area (Å²) in [7, 11) is 0. The lowest BCUT2D eigenvalue weighted by atomic mass is 10.3. The minimum absolute atomic E-state index is 0. The van der Waals surface area contributed by atoms with Crippen molar-refractivity contribution < 1.29 is 19.2 Å². The molecule has 0 fully saturated rings. The maximum absolute atomic E-state index is 9.56. The summed E-state index contributed by atoms with van der Waals surface area (Å²) < 4.78 is 0. The molecule has 0 rings (SSSR count). The lowest BCUT2D eigenvalue weighted by Crippen LogP contribution is -1.76. The van der Waals surface area contributed by atoms with Gasteiger partial charge in [-0.05, 0) is 12.8 Å². The molecular formula is C10H18Cl2O4. The summed E-state index contributed by atoms with van der Waals surface area (Å²) in [5.41, 5.74) is 0. The standard InChI is InChI=1S/2C5H8O2.2ClH/c2*6-4-2-1-3-5-7;;/h2*4-5H,1-3H2;2*1H. The van der Waals surface area contributed by atoms with E-state index in [1.807, 2.05) is 0 Å². The average Bonchev–Trinajstić information content (AvgIpc) is 2.21. The summed E-state index contributed by atoms with van der Waals surface area (Å²) in [6.45, 7) is 0. The van der Waals surface area contributed by atoms with Crippen LogP contribution in [0.25, 0.3) is 0 Å². The van der Waals surface area contributed by atoms with Gasteiger partial charge in [0.2, 0.25) is 0 Å². The summed E-state index contributed by atoms with van der Waals surface area (Å²) in [6.07, 6.45) is 6.74. The van der Waals surface area contributed by atoms with E-state index in [0.29, 0.717) is 38.5 Å². The molecule has 0 aromatic heterocycles. The van der Waals surface area contributed by atoms with E-state index in [1.54, 1.807) is 0 Å². The Morgan fingerprint density at radius 2 is 0.688 bits per heavy atom. The van der Waals surface area contributed by atoms with Crippen molar-refractivity contribution in [2.24, 2.45) is 0 Å². The molecule has 6 heteroatoms. The van der Waals surface area contributed by atoms with E-state index < -0.39 is 0 Å². The molecule has 96 valence electrons. The summed E-state index contributed by atoms with van der Waals surface area (Å²) in [4.78, 5) is 38.3. The first-order chi connectivity index (χ1) is 6.83. The van der Waals surface area contributed by atoms with E-state index in [2.05, 4.69) is 0 Å². The maximum Gasteiger partial charge on any atom is 0.120 e. The number of halogens is 2. The number of carbonyl (C=O) groups is 4. The molecule has 0 aliphatic carbocycles. The van der Waals surface area contributed by atoms with Gasteiger partial charge in [0.15, 0.2) is 0 Å². The fourth-order valence-corrected chi connectivity index (χ4v) is 0.569. The van der Waals surface area contributed by atoms with Gasteiger partial charge in [-0.2, -0.15) is 0 Å². The van der Waals surface area contributed by atoms with Crippen molar-refractivity contribution in [1.29, 1.82) is 0 Å². The molecule has 0 spiro atoms. The van der Waals surface area contributed by atoms with Gasteiger partial charge in [0.25, 0.3) is 0 Å². The van der Waals surface area contributed by atoms with Gasteiger partial charge in [0.1, 0.15) is 25.1 Å². The highest BCUT2D eigenvalue weighted by atomic mass is 35.5. The first-order valence-electron chi connectivity index (χ1n) is 4.58. The molecule has 0 saturated carbocycles. The highest BCUT2D eigenvalue weighted by Gasteiger charge is 1.80. The molecule has 0 amide bonds. The minimum Gasteiger partial charge on any atom is -0.303 e. The molecule has 4 nitrogen and oxygen atoms in total.